The molecule has 3 rings (SSSR count). The Bertz CT molecular complexity index is 1020. The Morgan fingerprint density at radius 2 is 1.59 bits per heavy atom. The molecule has 0 N–H and O–H groups in total. The summed E-state index contributed by atoms with van der Waals surface area (Å²) in [6.07, 6.45) is 7.19. The molecule has 172 valence electrons. The van der Waals surface area contributed by atoms with E-state index in [0.717, 1.165) is 42.6 Å². The zero-order chi connectivity index (χ0) is 23.1. The number of rotatable bonds is 7. The van der Waals surface area contributed by atoms with E-state index in [4.69, 9.17) is 4.74 Å². The highest BCUT2D eigenvalue weighted by atomic mass is 32.2. The lowest BCUT2D eigenvalue weighted by atomic mass is 10.1. The van der Waals surface area contributed by atoms with Crippen LogP contribution in [0.4, 0.5) is 0 Å². The molecule has 1 aliphatic heterocycles. The molecule has 0 saturated carbocycles. The molecule has 0 spiro atoms. The Labute approximate surface area is 191 Å². The standard InChI is InChI=1S/C25H32N2O4S/c1-20(22-11-13-23(31-3)14-12-22)26(2)25(28)17-10-21-8-15-24(16-9-21)32(29,30)27-18-6-4-5-7-19-27/h8-17,20H,4-7,18-19H2,1-3H3/b17-10+. The topological polar surface area (TPSA) is 66.9 Å². The highest BCUT2D eigenvalue weighted by Gasteiger charge is 2.24. The van der Waals surface area contributed by atoms with Crippen molar-refractivity contribution in [2.24, 2.45) is 0 Å². The van der Waals surface area contributed by atoms with Crippen LogP contribution in [0.2, 0.25) is 0 Å². The smallest absolute Gasteiger partial charge is 0.246 e. The van der Waals surface area contributed by atoms with Crippen LogP contribution in [0.15, 0.2) is 59.5 Å². The minimum absolute atomic E-state index is 0.0980. The number of likely N-dealkylation sites (N-methyl/N-ethyl adjacent to an activating group) is 1. The molecule has 0 aliphatic carbocycles. The lowest BCUT2D eigenvalue weighted by molar-refractivity contribution is -0.126. The predicted molar refractivity (Wildman–Crippen MR) is 127 cm³/mol. The molecule has 2 aromatic carbocycles. The van der Waals surface area contributed by atoms with Crippen molar-refractivity contribution in [1.82, 2.24) is 9.21 Å². The monoisotopic (exact) mass is 456 g/mol. The molecule has 0 aromatic heterocycles. The van der Waals surface area contributed by atoms with Crippen LogP contribution in [0.25, 0.3) is 6.08 Å². The maximum absolute atomic E-state index is 12.9. The van der Waals surface area contributed by atoms with Gasteiger partial charge in [-0.15, -0.1) is 0 Å². The second-order valence-electron chi connectivity index (χ2n) is 8.12. The Kier molecular flexibility index (Phi) is 8.10. The summed E-state index contributed by atoms with van der Waals surface area (Å²) in [5, 5.41) is 0. The van der Waals surface area contributed by atoms with Gasteiger partial charge in [0.05, 0.1) is 18.0 Å². The summed E-state index contributed by atoms with van der Waals surface area (Å²) in [5.74, 6) is 0.644. The van der Waals surface area contributed by atoms with Gasteiger partial charge in [0.25, 0.3) is 0 Å². The Morgan fingerprint density at radius 1 is 1.00 bits per heavy atom. The minimum Gasteiger partial charge on any atom is -0.497 e. The first-order chi connectivity index (χ1) is 15.3. The molecule has 1 aliphatic rings. The van der Waals surface area contributed by atoms with Crippen molar-refractivity contribution < 1.29 is 17.9 Å². The first-order valence-electron chi connectivity index (χ1n) is 11.0. The van der Waals surface area contributed by atoms with Crippen molar-refractivity contribution in [3.8, 4) is 5.75 Å². The molecular weight excluding hydrogens is 424 g/mol. The number of hydrogen-bond acceptors (Lipinski definition) is 4. The average Bonchev–Trinajstić information content (AvgIpc) is 3.12. The molecule has 0 radical (unpaired) electrons. The van der Waals surface area contributed by atoms with Gasteiger partial charge in [-0.2, -0.15) is 4.31 Å². The van der Waals surface area contributed by atoms with Crippen LogP contribution in [0, 0.1) is 0 Å². The molecule has 1 heterocycles. The van der Waals surface area contributed by atoms with Gasteiger partial charge in [0.15, 0.2) is 0 Å². The number of ether oxygens (including phenoxy) is 1. The number of carbonyl (C=O) groups is 1. The molecule has 1 atom stereocenters. The van der Waals surface area contributed by atoms with Gasteiger partial charge in [0.2, 0.25) is 15.9 Å². The van der Waals surface area contributed by atoms with Gasteiger partial charge in [-0.1, -0.05) is 37.1 Å². The van der Waals surface area contributed by atoms with Gasteiger partial charge < -0.3 is 9.64 Å². The zero-order valence-corrected chi connectivity index (χ0v) is 19.8. The van der Waals surface area contributed by atoms with Gasteiger partial charge >= 0.3 is 0 Å². The molecule has 1 amide bonds. The van der Waals surface area contributed by atoms with Crippen LogP contribution in [0.1, 0.15) is 49.8 Å². The second kappa shape index (κ2) is 10.8. The van der Waals surface area contributed by atoms with Gasteiger partial charge in [0, 0.05) is 26.2 Å². The first-order valence-corrected chi connectivity index (χ1v) is 12.5. The Hall–Kier alpha value is -2.64. The van der Waals surface area contributed by atoms with Crippen LogP contribution >= 0.6 is 0 Å². The number of methoxy groups -OCH3 is 1. The highest BCUT2D eigenvalue weighted by Crippen LogP contribution is 2.23. The summed E-state index contributed by atoms with van der Waals surface area (Å²) in [4.78, 5) is 14.6. The van der Waals surface area contributed by atoms with E-state index in [0.29, 0.717) is 18.0 Å². The van der Waals surface area contributed by atoms with Crippen molar-refractivity contribution in [2.75, 3.05) is 27.2 Å². The number of nitrogens with zero attached hydrogens (tertiary/aromatic N) is 2. The Balaban J connectivity index is 1.64. The van der Waals surface area contributed by atoms with Crippen LogP contribution < -0.4 is 4.74 Å². The number of benzene rings is 2. The predicted octanol–water partition coefficient (Wildman–Crippen LogP) is 4.49. The van der Waals surface area contributed by atoms with Crippen LogP contribution in [0.3, 0.4) is 0 Å². The second-order valence-corrected chi connectivity index (χ2v) is 10.1. The number of sulfonamides is 1. The summed E-state index contributed by atoms with van der Waals surface area (Å²) in [6.45, 7) is 3.13. The van der Waals surface area contributed by atoms with Crippen LogP contribution in [-0.4, -0.2) is 50.8 Å². The third kappa shape index (κ3) is 5.78. The van der Waals surface area contributed by atoms with E-state index < -0.39 is 10.0 Å². The quantitative estimate of drug-likeness (QED) is 0.576. The fraction of sp³-hybridized carbons (Fsp3) is 0.400. The maximum atomic E-state index is 12.9. The third-order valence-electron chi connectivity index (χ3n) is 6.03. The summed E-state index contributed by atoms with van der Waals surface area (Å²) >= 11 is 0. The van der Waals surface area contributed by atoms with E-state index >= 15 is 0 Å². The summed E-state index contributed by atoms with van der Waals surface area (Å²) in [7, 11) is -0.0855. The number of hydrogen-bond donors (Lipinski definition) is 0. The zero-order valence-electron chi connectivity index (χ0n) is 19.0. The van der Waals surface area contributed by atoms with Crippen LogP contribution in [0.5, 0.6) is 5.75 Å². The SMILES string of the molecule is COc1ccc(C(C)N(C)C(=O)/C=C/c2ccc(S(=O)(=O)N3CCCCCC3)cc2)cc1. The number of amides is 1. The fourth-order valence-electron chi connectivity index (χ4n) is 3.76. The molecule has 1 saturated heterocycles. The first kappa shape index (κ1) is 24.0. The van der Waals surface area contributed by atoms with E-state index in [2.05, 4.69) is 0 Å². The van der Waals surface area contributed by atoms with E-state index in [1.165, 1.54) is 6.08 Å². The summed E-state index contributed by atoms with van der Waals surface area (Å²) in [6, 6.07) is 14.3. The fourth-order valence-corrected chi connectivity index (χ4v) is 5.28. The van der Waals surface area contributed by atoms with Crippen LogP contribution in [-0.2, 0) is 14.8 Å². The van der Waals surface area contributed by atoms with Gasteiger partial charge in [0.1, 0.15) is 5.75 Å². The van der Waals surface area contributed by atoms with Crippen molar-refractivity contribution in [2.45, 2.75) is 43.5 Å². The molecule has 1 fully saturated rings. The van der Waals surface area contributed by atoms with Crippen molar-refractivity contribution in [3.63, 3.8) is 0 Å². The highest BCUT2D eigenvalue weighted by molar-refractivity contribution is 7.89. The maximum Gasteiger partial charge on any atom is 0.246 e. The number of carbonyl (C=O) groups excluding carboxylic acids is 1. The molecule has 32 heavy (non-hydrogen) atoms. The molecule has 1 unspecified atom stereocenters. The van der Waals surface area contributed by atoms with Gasteiger partial charge in [-0.25, -0.2) is 8.42 Å². The van der Waals surface area contributed by atoms with Crippen molar-refractivity contribution in [1.29, 1.82) is 0 Å². The lowest BCUT2D eigenvalue weighted by Gasteiger charge is -2.24. The van der Waals surface area contributed by atoms with Gasteiger partial charge in [-0.3, -0.25) is 4.79 Å². The molecule has 0 bridgehead atoms. The third-order valence-corrected chi connectivity index (χ3v) is 7.94. The Morgan fingerprint density at radius 3 is 2.16 bits per heavy atom. The minimum atomic E-state index is -3.47. The van der Waals surface area contributed by atoms with E-state index in [-0.39, 0.29) is 11.9 Å². The molecule has 7 heteroatoms. The molecule has 2 aromatic rings. The average molecular weight is 457 g/mol. The summed E-state index contributed by atoms with van der Waals surface area (Å²) < 4.78 is 32.6. The molecular formula is C25H32N2O4S. The normalized spacial score (nSPS) is 16.5. The van der Waals surface area contributed by atoms with E-state index in [1.807, 2.05) is 31.2 Å². The van der Waals surface area contributed by atoms with Gasteiger partial charge in [-0.05, 0) is 61.2 Å². The van der Waals surface area contributed by atoms with E-state index in [1.54, 1.807) is 53.7 Å². The lowest BCUT2D eigenvalue weighted by Crippen LogP contribution is -2.31. The van der Waals surface area contributed by atoms with E-state index in [9.17, 15) is 13.2 Å². The molecule has 6 nitrogen and oxygen atoms in total. The summed E-state index contributed by atoms with van der Waals surface area (Å²) in [5.41, 5.74) is 1.79. The largest absolute Gasteiger partial charge is 0.497 e. The van der Waals surface area contributed by atoms with Crippen molar-refractivity contribution >= 4 is 22.0 Å². The van der Waals surface area contributed by atoms with Crippen molar-refractivity contribution in [3.05, 3.63) is 65.7 Å².